The molecule has 4 rings (SSSR count). The van der Waals surface area contributed by atoms with Crippen LogP contribution in [-0.4, -0.2) is 62.6 Å². The van der Waals surface area contributed by atoms with Crippen molar-refractivity contribution in [2.45, 2.75) is 110 Å². The Kier molecular flexibility index (Phi) is 9.14. The van der Waals surface area contributed by atoms with Crippen molar-refractivity contribution in [2.24, 2.45) is 0 Å². The van der Waals surface area contributed by atoms with Crippen LogP contribution in [0.4, 0.5) is 18.4 Å². The molecule has 1 aromatic carbocycles. The van der Waals surface area contributed by atoms with E-state index in [-0.39, 0.29) is 47.6 Å². The number of halogens is 2. The van der Waals surface area contributed by atoms with Crippen molar-refractivity contribution >= 4 is 35.1 Å². The molecule has 12 heteroatoms. The van der Waals surface area contributed by atoms with Crippen molar-refractivity contribution in [1.29, 1.82) is 0 Å². The summed E-state index contributed by atoms with van der Waals surface area (Å²) in [5, 5.41) is 12.4. The number of alkyl carbamates (subject to hydrolysis) is 1. The number of nitrogens with zero attached hydrogens (tertiary/aromatic N) is 2. The molecular formula is C32H41F2N3O7. The molecule has 2 aliphatic rings. The first-order valence-electron chi connectivity index (χ1n) is 14.9. The van der Waals surface area contributed by atoms with Crippen LogP contribution >= 0.6 is 0 Å². The zero-order valence-corrected chi connectivity index (χ0v) is 26.3. The van der Waals surface area contributed by atoms with Crippen LogP contribution in [0.1, 0.15) is 102 Å². The van der Waals surface area contributed by atoms with Crippen LogP contribution in [-0.2, 0) is 15.9 Å². The van der Waals surface area contributed by atoms with Gasteiger partial charge in [-0.2, -0.15) is 0 Å². The second-order valence-electron chi connectivity index (χ2n) is 13.4. The molecule has 2 aromatic rings. The molecule has 2 N–H and O–H groups in total. The zero-order valence-electron chi connectivity index (χ0n) is 26.3. The molecule has 0 bridgehead atoms. The van der Waals surface area contributed by atoms with E-state index in [1.807, 2.05) is 0 Å². The standard InChI is InChI=1S/C32H41F2N3O7/c1-8-23-24(28(39)40)27(38)21-15-22(33)25(34)20(26(21)37(23)18-12-13-18)11-9-10-19-14-17(35-29(41)43-31(2,3)4)16-36(19)30(42)44-32(5,6)7/h9,11,15,17-19H,8,10,12-14,16H2,1-7H3,(H,35,41)(H,39,40)/t17-,19-/m1/s1. The van der Waals surface area contributed by atoms with Crippen LogP contribution in [0.25, 0.3) is 17.0 Å². The molecule has 2 atom stereocenters. The monoisotopic (exact) mass is 617 g/mol. The van der Waals surface area contributed by atoms with Gasteiger partial charge in [0.15, 0.2) is 11.6 Å². The number of ether oxygens (including phenoxy) is 2. The number of hydrogen-bond donors (Lipinski definition) is 2. The van der Waals surface area contributed by atoms with E-state index < -0.39 is 64.1 Å². The zero-order chi connectivity index (χ0) is 32.7. The lowest BCUT2D eigenvalue weighted by Gasteiger charge is -2.28. The van der Waals surface area contributed by atoms with Crippen LogP contribution in [0.3, 0.4) is 0 Å². The van der Waals surface area contributed by atoms with Gasteiger partial charge in [-0.3, -0.25) is 4.79 Å². The molecule has 0 spiro atoms. The van der Waals surface area contributed by atoms with Gasteiger partial charge in [-0.15, -0.1) is 0 Å². The maximum absolute atomic E-state index is 15.5. The lowest BCUT2D eigenvalue weighted by atomic mass is 10.0. The minimum atomic E-state index is -1.41. The van der Waals surface area contributed by atoms with E-state index in [1.165, 1.54) is 11.0 Å². The number of hydrogen-bond acceptors (Lipinski definition) is 6. The molecule has 2 amide bonds. The van der Waals surface area contributed by atoms with Gasteiger partial charge >= 0.3 is 18.2 Å². The highest BCUT2D eigenvalue weighted by Crippen LogP contribution is 2.40. The quantitative estimate of drug-likeness (QED) is 0.380. The molecule has 240 valence electrons. The number of amides is 2. The summed E-state index contributed by atoms with van der Waals surface area (Å²) >= 11 is 0. The van der Waals surface area contributed by atoms with Gasteiger partial charge in [-0.25, -0.2) is 23.2 Å². The summed E-state index contributed by atoms with van der Waals surface area (Å²) in [4.78, 5) is 52.4. The van der Waals surface area contributed by atoms with E-state index in [0.717, 1.165) is 6.07 Å². The molecule has 2 fully saturated rings. The lowest BCUT2D eigenvalue weighted by molar-refractivity contribution is 0.0220. The van der Waals surface area contributed by atoms with E-state index in [4.69, 9.17) is 9.47 Å². The van der Waals surface area contributed by atoms with Gasteiger partial charge in [0.2, 0.25) is 5.43 Å². The van der Waals surface area contributed by atoms with Crippen molar-refractivity contribution in [1.82, 2.24) is 14.8 Å². The van der Waals surface area contributed by atoms with Gasteiger partial charge < -0.3 is 29.4 Å². The van der Waals surface area contributed by atoms with Gasteiger partial charge in [0, 0.05) is 29.9 Å². The molecule has 44 heavy (non-hydrogen) atoms. The average Bonchev–Trinajstić information content (AvgIpc) is 3.64. The first-order valence-corrected chi connectivity index (χ1v) is 14.9. The molecule has 0 radical (unpaired) electrons. The van der Waals surface area contributed by atoms with Gasteiger partial charge in [-0.1, -0.05) is 19.1 Å². The summed E-state index contributed by atoms with van der Waals surface area (Å²) < 4.78 is 42.9. The largest absolute Gasteiger partial charge is 0.477 e. The van der Waals surface area contributed by atoms with E-state index in [1.54, 1.807) is 59.1 Å². The Morgan fingerprint density at radius 1 is 1.09 bits per heavy atom. The van der Waals surface area contributed by atoms with Crippen LogP contribution in [0, 0.1) is 11.6 Å². The van der Waals surface area contributed by atoms with Crippen molar-refractivity contribution in [3.05, 3.63) is 50.8 Å². The number of carboxylic acid groups (broad SMARTS) is 1. The summed E-state index contributed by atoms with van der Waals surface area (Å²) in [6.07, 6.45) is 3.95. The predicted molar refractivity (Wildman–Crippen MR) is 161 cm³/mol. The first-order chi connectivity index (χ1) is 20.4. The first kappa shape index (κ1) is 32.9. The summed E-state index contributed by atoms with van der Waals surface area (Å²) in [5.41, 5.74) is -2.53. The van der Waals surface area contributed by atoms with Crippen LogP contribution in [0.5, 0.6) is 0 Å². The van der Waals surface area contributed by atoms with Crippen molar-refractivity contribution in [3.63, 3.8) is 0 Å². The Morgan fingerprint density at radius 3 is 2.27 bits per heavy atom. The average molecular weight is 618 g/mol. The highest BCUT2D eigenvalue weighted by molar-refractivity contribution is 5.97. The molecule has 1 aliphatic heterocycles. The molecule has 0 unspecified atom stereocenters. The fraction of sp³-hybridized carbons (Fsp3) is 0.562. The number of benzene rings is 1. The van der Waals surface area contributed by atoms with E-state index >= 15 is 4.39 Å². The van der Waals surface area contributed by atoms with Crippen molar-refractivity contribution in [3.8, 4) is 0 Å². The third-order valence-electron chi connectivity index (χ3n) is 7.44. The van der Waals surface area contributed by atoms with Gasteiger partial charge in [0.05, 0.1) is 16.9 Å². The Labute approximate surface area is 255 Å². The second-order valence-corrected chi connectivity index (χ2v) is 13.4. The number of nitrogens with one attached hydrogen (secondary N) is 1. The smallest absolute Gasteiger partial charge is 0.410 e. The highest BCUT2D eigenvalue weighted by atomic mass is 19.2. The fourth-order valence-electron chi connectivity index (χ4n) is 5.65. The van der Waals surface area contributed by atoms with E-state index in [0.29, 0.717) is 19.3 Å². The molecule has 1 saturated heterocycles. The minimum Gasteiger partial charge on any atom is -0.477 e. The Balaban J connectivity index is 1.71. The highest BCUT2D eigenvalue weighted by Gasteiger charge is 2.38. The normalized spacial score (nSPS) is 19.1. The SMILES string of the molecule is CCc1c(C(=O)O)c(=O)c2cc(F)c(F)c(C=CC[C@@H]3C[C@@H](NC(=O)OC(C)(C)C)CN3C(=O)OC(C)(C)C)c2n1C1CC1. The summed E-state index contributed by atoms with van der Waals surface area (Å²) in [6, 6.07) is -0.271. The Bertz CT molecular complexity index is 1570. The molecular weight excluding hydrogens is 576 g/mol. The number of fused-ring (bicyclic) bond motifs is 1. The number of likely N-dealkylation sites (tertiary alicyclic amines) is 1. The van der Waals surface area contributed by atoms with Crippen molar-refractivity contribution < 1.29 is 37.7 Å². The van der Waals surface area contributed by atoms with Crippen LogP contribution in [0.2, 0.25) is 0 Å². The van der Waals surface area contributed by atoms with Crippen LogP contribution in [0.15, 0.2) is 16.9 Å². The third kappa shape index (κ3) is 7.22. The number of carbonyl (C=O) groups excluding carboxylic acids is 2. The summed E-state index contributed by atoms with van der Waals surface area (Å²) in [6.45, 7) is 12.3. The number of pyridine rings is 1. The van der Waals surface area contributed by atoms with Gasteiger partial charge in [0.1, 0.15) is 16.8 Å². The molecule has 1 saturated carbocycles. The molecule has 1 aliphatic carbocycles. The van der Waals surface area contributed by atoms with E-state index in [9.17, 15) is 28.7 Å². The number of aromatic nitrogens is 1. The van der Waals surface area contributed by atoms with Crippen molar-refractivity contribution in [2.75, 3.05) is 6.54 Å². The number of carbonyl (C=O) groups is 3. The summed E-state index contributed by atoms with van der Waals surface area (Å²) in [7, 11) is 0. The number of carboxylic acids is 1. The van der Waals surface area contributed by atoms with Crippen LogP contribution < -0.4 is 10.7 Å². The predicted octanol–water partition coefficient (Wildman–Crippen LogP) is 6.18. The Hall–Kier alpha value is -3.96. The van der Waals surface area contributed by atoms with E-state index in [2.05, 4.69) is 5.32 Å². The van der Waals surface area contributed by atoms with Gasteiger partial charge in [-0.05, 0) is 79.7 Å². The maximum atomic E-state index is 15.5. The topological polar surface area (TPSA) is 127 Å². The molecule has 1 aromatic heterocycles. The number of aromatic carboxylic acids is 1. The fourth-order valence-corrected chi connectivity index (χ4v) is 5.65. The number of rotatable bonds is 7. The lowest BCUT2D eigenvalue weighted by Crippen LogP contribution is -2.43. The third-order valence-corrected chi connectivity index (χ3v) is 7.44. The van der Waals surface area contributed by atoms with Gasteiger partial charge in [0.25, 0.3) is 0 Å². The maximum Gasteiger partial charge on any atom is 0.410 e. The Morgan fingerprint density at radius 2 is 1.73 bits per heavy atom. The minimum absolute atomic E-state index is 0.139. The second kappa shape index (κ2) is 12.2. The molecule has 2 heterocycles. The summed E-state index contributed by atoms with van der Waals surface area (Å²) in [5.74, 6) is -3.84. The molecule has 10 nitrogen and oxygen atoms in total.